The highest BCUT2D eigenvalue weighted by Gasteiger charge is 2.34. The van der Waals surface area contributed by atoms with Gasteiger partial charge in [-0.2, -0.15) is 4.98 Å². The van der Waals surface area contributed by atoms with Crippen molar-refractivity contribution >= 4 is 12.0 Å². The van der Waals surface area contributed by atoms with Crippen molar-refractivity contribution < 1.29 is 23.8 Å². The highest BCUT2D eigenvalue weighted by molar-refractivity contribution is 5.97. The van der Waals surface area contributed by atoms with Crippen molar-refractivity contribution in [3.63, 3.8) is 0 Å². The molecular weight excluding hydrogens is 302 g/mol. The largest absolute Gasteiger partial charge is 0.481 e. The minimum absolute atomic E-state index is 0.123. The van der Waals surface area contributed by atoms with Crippen LogP contribution in [0.4, 0.5) is 4.79 Å². The fourth-order valence-corrected chi connectivity index (χ4v) is 2.19. The molecule has 0 saturated carbocycles. The molecule has 1 aromatic heterocycles. The van der Waals surface area contributed by atoms with Crippen molar-refractivity contribution in [1.82, 2.24) is 15.0 Å². The van der Waals surface area contributed by atoms with E-state index >= 15 is 0 Å². The van der Waals surface area contributed by atoms with Crippen molar-refractivity contribution in [1.29, 1.82) is 0 Å². The van der Waals surface area contributed by atoms with Crippen molar-refractivity contribution in [2.75, 3.05) is 33.9 Å². The molecule has 0 aromatic carbocycles. The van der Waals surface area contributed by atoms with Crippen LogP contribution in [0.15, 0.2) is 12.1 Å². The van der Waals surface area contributed by atoms with E-state index in [2.05, 4.69) is 10.9 Å². The van der Waals surface area contributed by atoms with Crippen LogP contribution in [0.3, 0.4) is 0 Å². The summed E-state index contributed by atoms with van der Waals surface area (Å²) in [5.41, 5.74) is 0.227. The van der Waals surface area contributed by atoms with Gasteiger partial charge in [-0.05, 0) is 12.5 Å². The van der Waals surface area contributed by atoms with Gasteiger partial charge in [0.2, 0.25) is 11.8 Å². The fraction of sp³-hybridized carbons (Fsp3) is 0.400. The van der Waals surface area contributed by atoms with Crippen molar-refractivity contribution in [3.05, 3.63) is 17.7 Å². The number of hydrazine groups is 1. The number of terminal acetylenes is 1. The predicted molar refractivity (Wildman–Crippen MR) is 79.9 cm³/mol. The quantitative estimate of drug-likeness (QED) is 0.768. The highest BCUT2D eigenvalue weighted by atomic mass is 16.6. The molecule has 0 atom stereocenters. The van der Waals surface area contributed by atoms with Gasteiger partial charge in [-0.1, -0.05) is 5.92 Å². The average Bonchev–Trinajstić information content (AvgIpc) is 3.08. The summed E-state index contributed by atoms with van der Waals surface area (Å²) in [6, 6.07) is 3.09. The van der Waals surface area contributed by atoms with Gasteiger partial charge < -0.3 is 14.2 Å². The summed E-state index contributed by atoms with van der Waals surface area (Å²) in [7, 11) is 2.87. The predicted octanol–water partition coefficient (Wildman–Crippen LogP) is 0.932. The lowest BCUT2D eigenvalue weighted by molar-refractivity contribution is 0.0162. The number of ether oxygens (including phenoxy) is 3. The smallest absolute Gasteiger partial charge is 0.429 e. The molecule has 0 spiro atoms. The van der Waals surface area contributed by atoms with Crippen LogP contribution in [0, 0.1) is 12.3 Å². The molecule has 0 bridgehead atoms. The van der Waals surface area contributed by atoms with E-state index in [9.17, 15) is 9.59 Å². The maximum absolute atomic E-state index is 12.7. The molecule has 1 aromatic rings. The number of amides is 2. The van der Waals surface area contributed by atoms with E-state index in [4.69, 9.17) is 20.6 Å². The van der Waals surface area contributed by atoms with E-state index in [1.54, 1.807) is 6.07 Å². The summed E-state index contributed by atoms with van der Waals surface area (Å²) in [5.74, 6) is 2.25. The zero-order chi connectivity index (χ0) is 16.8. The second-order valence-corrected chi connectivity index (χ2v) is 4.57. The summed E-state index contributed by atoms with van der Waals surface area (Å²) in [6.07, 6.45) is 5.05. The van der Waals surface area contributed by atoms with Crippen molar-refractivity contribution in [2.24, 2.45) is 0 Å². The molecule has 1 aliphatic heterocycles. The molecule has 1 aliphatic rings. The number of hydrogen-bond acceptors (Lipinski definition) is 6. The molecule has 2 heterocycles. The topological polar surface area (TPSA) is 81.2 Å². The molecule has 23 heavy (non-hydrogen) atoms. The molecule has 8 nitrogen and oxygen atoms in total. The van der Waals surface area contributed by atoms with Crippen LogP contribution in [0.2, 0.25) is 0 Å². The van der Waals surface area contributed by atoms with Crippen molar-refractivity contribution in [2.45, 2.75) is 6.42 Å². The van der Waals surface area contributed by atoms with Crippen LogP contribution in [0.25, 0.3) is 0 Å². The first kappa shape index (κ1) is 16.4. The number of hydrogen-bond donors (Lipinski definition) is 0. The maximum Gasteiger partial charge on any atom is 0.429 e. The van der Waals surface area contributed by atoms with Crippen LogP contribution in [-0.2, 0) is 4.74 Å². The molecule has 122 valence electrons. The highest BCUT2D eigenvalue weighted by Crippen LogP contribution is 2.24. The van der Waals surface area contributed by atoms with Gasteiger partial charge in [0.25, 0.3) is 5.91 Å². The Kier molecular flexibility index (Phi) is 5.25. The van der Waals surface area contributed by atoms with E-state index < -0.39 is 12.0 Å². The molecule has 0 radical (unpaired) electrons. The first-order chi connectivity index (χ1) is 11.1. The van der Waals surface area contributed by atoms with Crippen LogP contribution in [0.1, 0.15) is 16.8 Å². The minimum Gasteiger partial charge on any atom is -0.481 e. The Balaban J connectivity index is 2.22. The lowest BCUT2D eigenvalue weighted by Gasteiger charge is -2.27. The number of nitrogens with zero attached hydrogens (tertiary/aromatic N) is 3. The molecular formula is C15H17N3O5. The number of aromatic nitrogens is 1. The zero-order valence-electron chi connectivity index (χ0n) is 12.9. The average molecular weight is 319 g/mol. The Morgan fingerprint density at radius 1 is 1.26 bits per heavy atom. The van der Waals surface area contributed by atoms with E-state index in [0.717, 1.165) is 0 Å². The second-order valence-electron chi connectivity index (χ2n) is 4.57. The normalized spacial score (nSPS) is 13.4. The van der Waals surface area contributed by atoms with Crippen molar-refractivity contribution in [3.8, 4) is 24.1 Å². The number of carbonyl (C=O) groups excluding carboxylic acids is 2. The first-order valence-electron chi connectivity index (χ1n) is 6.91. The Hall–Kier alpha value is -2.95. The summed E-state index contributed by atoms with van der Waals surface area (Å²) in [6.45, 7) is 0.616. The van der Waals surface area contributed by atoms with Crippen LogP contribution in [-0.4, -0.2) is 60.9 Å². The molecule has 0 aliphatic carbocycles. The molecule has 1 saturated heterocycles. The lowest BCUT2D eigenvalue weighted by Crippen LogP contribution is -2.45. The Labute approximate surface area is 133 Å². The molecule has 1 fully saturated rings. The number of methoxy groups -OCH3 is 2. The van der Waals surface area contributed by atoms with Crippen LogP contribution < -0.4 is 9.47 Å². The monoisotopic (exact) mass is 319 g/mol. The van der Waals surface area contributed by atoms with Crippen LogP contribution >= 0.6 is 0 Å². The van der Waals surface area contributed by atoms with E-state index in [1.807, 2.05) is 0 Å². The standard InChI is InChI=1S/C15H17N3O5/c1-4-10-23-15(20)18-9-5-8-17(18)14(19)11-6-7-12(21-2)16-13(11)22-3/h1,6-7H,5,8-10H2,2-3H3. The fourth-order valence-electron chi connectivity index (χ4n) is 2.19. The maximum atomic E-state index is 12.7. The Bertz CT molecular complexity index is 640. The lowest BCUT2D eigenvalue weighted by atomic mass is 10.2. The van der Waals surface area contributed by atoms with Crippen LogP contribution in [0.5, 0.6) is 11.8 Å². The zero-order valence-corrected chi connectivity index (χ0v) is 12.9. The third kappa shape index (κ3) is 3.45. The van der Waals surface area contributed by atoms with Gasteiger partial charge in [0.15, 0.2) is 6.61 Å². The summed E-state index contributed by atoms with van der Waals surface area (Å²) in [4.78, 5) is 28.7. The summed E-state index contributed by atoms with van der Waals surface area (Å²) in [5, 5.41) is 2.52. The molecule has 0 N–H and O–H groups in total. The molecule has 2 rings (SSSR count). The molecule has 0 unspecified atom stereocenters. The van der Waals surface area contributed by atoms with Gasteiger partial charge in [-0.3, -0.25) is 4.79 Å². The number of pyridine rings is 1. The van der Waals surface area contributed by atoms with Gasteiger partial charge in [-0.25, -0.2) is 14.8 Å². The summed E-state index contributed by atoms with van der Waals surface area (Å²) < 4.78 is 15.0. The van der Waals surface area contributed by atoms with E-state index in [0.29, 0.717) is 25.4 Å². The van der Waals surface area contributed by atoms with Gasteiger partial charge in [0.05, 0.1) is 14.2 Å². The minimum atomic E-state index is -0.658. The summed E-state index contributed by atoms with van der Waals surface area (Å²) >= 11 is 0. The van der Waals surface area contributed by atoms with E-state index in [1.165, 1.54) is 30.3 Å². The third-order valence-electron chi connectivity index (χ3n) is 3.22. The number of rotatable bonds is 4. The number of carbonyl (C=O) groups is 2. The molecule has 8 heteroatoms. The third-order valence-corrected chi connectivity index (χ3v) is 3.22. The van der Waals surface area contributed by atoms with Gasteiger partial charge >= 0.3 is 6.09 Å². The Morgan fingerprint density at radius 2 is 2.00 bits per heavy atom. The SMILES string of the molecule is C#CCOC(=O)N1CCCN1C(=O)c1ccc(OC)nc1OC. The second kappa shape index (κ2) is 7.35. The first-order valence-corrected chi connectivity index (χ1v) is 6.91. The molecule has 2 amide bonds. The Morgan fingerprint density at radius 3 is 2.65 bits per heavy atom. The van der Waals surface area contributed by atoms with Gasteiger partial charge in [-0.15, -0.1) is 6.42 Å². The van der Waals surface area contributed by atoms with Gasteiger partial charge in [0.1, 0.15) is 5.56 Å². The van der Waals surface area contributed by atoms with E-state index in [-0.39, 0.29) is 18.1 Å². The van der Waals surface area contributed by atoms with Gasteiger partial charge in [0, 0.05) is 19.2 Å².